The van der Waals surface area contributed by atoms with Crippen molar-refractivity contribution in [2.24, 2.45) is 5.92 Å². The molecule has 1 saturated carbocycles. The molecule has 6 nitrogen and oxygen atoms in total. The van der Waals surface area contributed by atoms with Crippen molar-refractivity contribution in [3.8, 4) is 11.1 Å². The van der Waals surface area contributed by atoms with Gasteiger partial charge in [-0.25, -0.2) is 18.7 Å². The molecule has 8 heteroatoms. The zero-order valence-corrected chi connectivity index (χ0v) is 18.1. The number of imidazole rings is 1. The van der Waals surface area contributed by atoms with E-state index in [9.17, 15) is 13.6 Å². The molecule has 5 rings (SSSR count). The smallest absolute Gasteiger partial charge is 0.260 e. The molecule has 0 aliphatic heterocycles. The molecule has 4 aromatic heterocycles. The Bertz CT molecular complexity index is 1380. The summed E-state index contributed by atoms with van der Waals surface area (Å²) in [5.74, 6) is -4.65. The Labute approximate surface area is 183 Å². The van der Waals surface area contributed by atoms with Gasteiger partial charge in [-0.05, 0) is 38.0 Å². The summed E-state index contributed by atoms with van der Waals surface area (Å²) in [6.45, 7) is 6.11. The molecule has 0 bridgehead atoms. The van der Waals surface area contributed by atoms with E-state index in [2.05, 4.69) is 35.2 Å². The monoisotopic (exact) mass is 435 g/mol. The number of carbonyl (C=O) groups is 1. The minimum absolute atomic E-state index is 0.243. The first-order valence-corrected chi connectivity index (χ1v) is 10.7. The summed E-state index contributed by atoms with van der Waals surface area (Å²) in [4.78, 5) is 25.7. The summed E-state index contributed by atoms with van der Waals surface area (Å²) in [6.07, 6.45) is 7.00. The first-order chi connectivity index (χ1) is 15.3. The van der Waals surface area contributed by atoms with Crippen molar-refractivity contribution in [3.63, 3.8) is 0 Å². The van der Waals surface area contributed by atoms with E-state index in [-0.39, 0.29) is 5.82 Å². The second-order valence-corrected chi connectivity index (χ2v) is 8.51. The third kappa shape index (κ3) is 3.49. The summed E-state index contributed by atoms with van der Waals surface area (Å²) in [7, 11) is 0. The Balaban J connectivity index is 1.60. The van der Waals surface area contributed by atoms with Gasteiger partial charge in [-0.1, -0.05) is 13.3 Å². The summed E-state index contributed by atoms with van der Waals surface area (Å²) >= 11 is 0. The van der Waals surface area contributed by atoms with Crippen LogP contribution in [-0.2, 0) is 11.2 Å². The normalized spacial score (nSPS) is 17.1. The number of halogens is 2. The molecular formula is C24H23F2N5O. The minimum atomic E-state index is -2.91. The topological polar surface area (TPSA) is 72.2 Å². The Kier molecular flexibility index (Phi) is 4.69. The van der Waals surface area contributed by atoms with E-state index in [1.165, 1.54) is 0 Å². The number of amides is 1. The highest BCUT2D eigenvalue weighted by molar-refractivity contribution is 5.97. The van der Waals surface area contributed by atoms with Crippen molar-refractivity contribution in [1.29, 1.82) is 0 Å². The van der Waals surface area contributed by atoms with Crippen molar-refractivity contribution in [2.45, 2.75) is 46.0 Å². The fourth-order valence-electron chi connectivity index (χ4n) is 4.13. The number of alkyl halides is 2. The van der Waals surface area contributed by atoms with Gasteiger partial charge in [0.15, 0.2) is 0 Å². The average molecular weight is 435 g/mol. The van der Waals surface area contributed by atoms with Crippen LogP contribution in [0.2, 0.25) is 0 Å². The van der Waals surface area contributed by atoms with Crippen molar-refractivity contribution < 1.29 is 13.6 Å². The van der Waals surface area contributed by atoms with Crippen LogP contribution in [0.25, 0.3) is 27.7 Å². The molecule has 0 unspecified atom stereocenters. The third-order valence-electron chi connectivity index (χ3n) is 5.90. The van der Waals surface area contributed by atoms with Gasteiger partial charge < -0.3 is 5.32 Å². The van der Waals surface area contributed by atoms with Crippen molar-refractivity contribution in [1.82, 2.24) is 19.4 Å². The molecule has 32 heavy (non-hydrogen) atoms. The van der Waals surface area contributed by atoms with E-state index in [1.807, 2.05) is 29.8 Å². The van der Waals surface area contributed by atoms with Crippen LogP contribution in [0.1, 0.15) is 36.7 Å². The van der Waals surface area contributed by atoms with Gasteiger partial charge >= 0.3 is 0 Å². The first kappa shape index (κ1) is 20.5. The molecule has 1 amide bonds. The number of hydrogen-bond donors (Lipinski definition) is 1. The van der Waals surface area contributed by atoms with E-state index in [0.717, 1.165) is 57.5 Å². The highest BCUT2D eigenvalue weighted by Gasteiger charge is 2.61. The molecule has 4 aromatic rings. The van der Waals surface area contributed by atoms with Crippen molar-refractivity contribution in [2.75, 3.05) is 5.32 Å². The molecule has 1 aliphatic carbocycles. The maximum absolute atomic E-state index is 13.2. The second kappa shape index (κ2) is 7.32. The number of carbonyl (C=O) groups excluding carboxylic acids is 1. The Morgan fingerprint density at radius 2 is 1.97 bits per heavy atom. The summed E-state index contributed by atoms with van der Waals surface area (Å²) in [5, 5.41) is 3.37. The summed E-state index contributed by atoms with van der Waals surface area (Å²) < 4.78 is 28.4. The number of fused-ring (bicyclic) bond motifs is 3. The van der Waals surface area contributed by atoms with Gasteiger partial charge in [0.25, 0.3) is 5.92 Å². The van der Waals surface area contributed by atoms with Gasteiger partial charge in [0, 0.05) is 53.3 Å². The van der Waals surface area contributed by atoms with Crippen LogP contribution in [0.5, 0.6) is 0 Å². The lowest BCUT2D eigenvalue weighted by Crippen LogP contribution is -2.18. The van der Waals surface area contributed by atoms with Crippen LogP contribution in [-0.4, -0.2) is 31.2 Å². The number of aryl methyl sites for hydroxylation is 3. The van der Waals surface area contributed by atoms with Gasteiger partial charge in [-0.3, -0.25) is 14.2 Å². The van der Waals surface area contributed by atoms with Gasteiger partial charge in [0.2, 0.25) is 5.91 Å². The zero-order valence-electron chi connectivity index (χ0n) is 18.1. The van der Waals surface area contributed by atoms with Crippen LogP contribution in [0.3, 0.4) is 0 Å². The van der Waals surface area contributed by atoms with Crippen LogP contribution >= 0.6 is 0 Å². The van der Waals surface area contributed by atoms with Crippen LogP contribution in [0.4, 0.5) is 14.6 Å². The molecule has 164 valence electrons. The Morgan fingerprint density at radius 1 is 1.19 bits per heavy atom. The molecule has 1 fully saturated rings. The average Bonchev–Trinajstić information content (AvgIpc) is 3.20. The molecule has 4 heterocycles. The maximum Gasteiger partial charge on any atom is 0.260 e. The van der Waals surface area contributed by atoms with E-state index < -0.39 is 24.2 Å². The molecule has 1 N–H and O–H groups in total. The fraction of sp³-hybridized carbons (Fsp3) is 0.333. The predicted molar refractivity (Wildman–Crippen MR) is 119 cm³/mol. The van der Waals surface area contributed by atoms with E-state index in [0.29, 0.717) is 0 Å². The quantitative estimate of drug-likeness (QED) is 0.473. The number of nitrogens with one attached hydrogen (secondary N) is 1. The molecule has 1 atom stereocenters. The van der Waals surface area contributed by atoms with Crippen LogP contribution in [0.15, 0.2) is 36.8 Å². The van der Waals surface area contributed by atoms with Gasteiger partial charge in [-0.2, -0.15) is 0 Å². The Hall–Kier alpha value is -3.42. The van der Waals surface area contributed by atoms with Crippen LogP contribution < -0.4 is 5.32 Å². The lowest BCUT2D eigenvalue weighted by molar-refractivity contribution is -0.119. The molecule has 0 radical (unpaired) electrons. The lowest BCUT2D eigenvalue weighted by atomic mass is 10.0. The summed E-state index contributed by atoms with van der Waals surface area (Å²) in [5.41, 5.74) is 6.50. The SMILES string of the molecule is CCCc1cc(C)c(-c2cc3cnc(NC(=O)[C@H]4CC4(F)F)cc3n3cc(C)nc23)cn1. The number of aromatic nitrogens is 4. The van der Waals surface area contributed by atoms with E-state index in [1.54, 1.807) is 12.3 Å². The molecular weight excluding hydrogens is 412 g/mol. The first-order valence-electron chi connectivity index (χ1n) is 10.7. The van der Waals surface area contributed by atoms with Gasteiger partial charge in [0.1, 0.15) is 17.4 Å². The van der Waals surface area contributed by atoms with Gasteiger partial charge in [-0.15, -0.1) is 0 Å². The van der Waals surface area contributed by atoms with Crippen molar-refractivity contribution in [3.05, 3.63) is 53.7 Å². The van der Waals surface area contributed by atoms with Gasteiger partial charge in [0.05, 0.1) is 11.2 Å². The van der Waals surface area contributed by atoms with E-state index >= 15 is 0 Å². The van der Waals surface area contributed by atoms with E-state index in [4.69, 9.17) is 4.98 Å². The zero-order chi connectivity index (χ0) is 22.6. The molecule has 1 aliphatic rings. The molecule has 0 saturated heterocycles. The maximum atomic E-state index is 13.2. The fourth-order valence-corrected chi connectivity index (χ4v) is 4.13. The van der Waals surface area contributed by atoms with Crippen molar-refractivity contribution >= 4 is 28.3 Å². The number of anilines is 1. The highest BCUT2D eigenvalue weighted by atomic mass is 19.3. The second-order valence-electron chi connectivity index (χ2n) is 8.51. The number of pyridine rings is 3. The molecule has 0 spiro atoms. The minimum Gasteiger partial charge on any atom is -0.310 e. The number of rotatable bonds is 5. The Morgan fingerprint density at radius 3 is 2.66 bits per heavy atom. The largest absolute Gasteiger partial charge is 0.310 e. The third-order valence-corrected chi connectivity index (χ3v) is 5.90. The summed E-state index contributed by atoms with van der Waals surface area (Å²) in [6, 6.07) is 5.81. The predicted octanol–water partition coefficient (Wildman–Crippen LogP) is 5.11. The highest BCUT2D eigenvalue weighted by Crippen LogP contribution is 2.49. The standard InChI is InChI=1S/C24H23F2N5O/c1-4-5-16-6-13(2)18(11-27-16)17-7-15-10-28-21(30-23(32)19-9-24(19,25)26)8-20(15)31-12-14(3)29-22(17)31/h6-8,10-12,19H,4-5,9H2,1-3H3,(H,28,30,32)/t19-/m1/s1. The number of nitrogens with zero attached hydrogens (tertiary/aromatic N) is 4. The van der Waals surface area contributed by atoms with Crippen LogP contribution in [0, 0.1) is 19.8 Å². The lowest BCUT2D eigenvalue weighted by Gasteiger charge is -2.12. The number of hydrogen-bond acceptors (Lipinski definition) is 4. The molecule has 0 aromatic carbocycles.